The van der Waals surface area contributed by atoms with Gasteiger partial charge in [-0.2, -0.15) is 13.2 Å². The van der Waals surface area contributed by atoms with Crippen molar-refractivity contribution in [3.8, 4) is 0 Å². The lowest BCUT2D eigenvalue weighted by Crippen LogP contribution is -2.03. The van der Waals surface area contributed by atoms with Gasteiger partial charge in [0.25, 0.3) is 0 Å². The standard InChI is InChI=1S/C12H9F3O/c1-2-11(16)8-5-9-3-6-10(7-4-9)12(13,14)15/h2-8H,1H2/b8-5+. The van der Waals surface area contributed by atoms with Crippen molar-refractivity contribution in [1.82, 2.24) is 0 Å². The zero-order valence-corrected chi connectivity index (χ0v) is 8.29. The summed E-state index contributed by atoms with van der Waals surface area (Å²) in [6.45, 7) is 3.27. The second kappa shape index (κ2) is 4.79. The summed E-state index contributed by atoms with van der Waals surface area (Å²) in [7, 11) is 0. The second-order valence-corrected chi connectivity index (χ2v) is 3.06. The summed E-state index contributed by atoms with van der Waals surface area (Å²) in [6, 6.07) is 4.54. The van der Waals surface area contributed by atoms with Crippen LogP contribution in [0.25, 0.3) is 6.08 Å². The molecule has 0 aromatic heterocycles. The molecule has 1 aromatic carbocycles. The lowest BCUT2D eigenvalue weighted by molar-refractivity contribution is -0.137. The predicted molar refractivity (Wildman–Crippen MR) is 55.7 cm³/mol. The van der Waals surface area contributed by atoms with E-state index < -0.39 is 11.7 Å². The van der Waals surface area contributed by atoms with E-state index in [1.807, 2.05) is 0 Å². The van der Waals surface area contributed by atoms with Gasteiger partial charge in [0.2, 0.25) is 0 Å². The van der Waals surface area contributed by atoms with Crippen molar-refractivity contribution in [2.45, 2.75) is 6.18 Å². The molecule has 0 saturated carbocycles. The Balaban J connectivity index is 2.84. The number of halogens is 3. The number of alkyl halides is 3. The Hall–Kier alpha value is -1.84. The van der Waals surface area contributed by atoms with E-state index in [9.17, 15) is 18.0 Å². The second-order valence-electron chi connectivity index (χ2n) is 3.06. The lowest BCUT2D eigenvalue weighted by Gasteiger charge is -2.05. The van der Waals surface area contributed by atoms with E-state index in [1.54, 1.807) is 0 Å². The number of hydrogen-bond donors (Lipinski definition) is 0. The molecule has 0 atom stereocenters. The minimum Gasteiger partial charge on any atom is -0.290 e. The fourth-order valence-electron chi connectivity index (χ4n) is 1.03. The first kappa shape index (κ1) is 12.2. The Morgan fingerprint density at radius 2 is 1.75 bits per heavy atom. The number of carbonyl (C=O) groups is 1. The molecule has 0 aliphatic rings. The molecular formula is C12H9F3O. The minimum absolute atomic E-state index is 0.292. The van der Waals surface area contributed by atoms with Crippen LogP contribution in [0.3, 0.4) is 0 Å². The maximum atomic E-state index is 12.2. The van der Waals surface area contributed by atoms with Crippen LogP contribution in [0.2, 0.25) is 0 Å². The van der Waals surface area contributed by atoms with Crippen molar-refractivity contribution in [3.63, 3.8) is 0 Å². The van der Waals surface area contributed by atoms with Gasteiger partial charge in [0, 0.05) is 0 Å². The average molecular weight is 226 g/mol. The summed E-state index contributed by atoms with van der Waals surface area (Å²) in [5.41, 5.74) is -0.178. The Bertz CT molecular complexity index is 413. The van der Waals surface area contributed by atoms with E-state index in [0.717, 1.165) is 18.2 Å². The van der Waals surface area contributed by atoms with E-state index in [1.165, 1.54) is 24.3 Å². The van der Waals surface area contributed by atoms with Crippen LogP contribution in [0.5, 0.6) is 0 Å². The Morgan fingerprint density at radius 1 is 1.19 bits per heavy atom. The van der Waals surface area contributed by atoms with Gasteiger partial charge < -0.3 is 0 Å². The molecule has 84 valence electrons. The van der Waals surface area contributed by atoms with Gasteiger partial charge in [-0.3, -0.25) is 4.79 Å². The van der Waals surface area contributed by atoms with Crippen LogP contribution in [-0.4, -0.2) is 5.78 Å². The van der Waals surface area contributed by atoms with Crippen LogP contribution < -0.4 is 0 Å². The molecular weight excluding hydrogens is 217 g/mol. The molecule has 0 heterocycles. The number of benzene rings is 1. The van der Waals surface area contributed by atoms with Crippen molar-refractivity contribution in [3.05, 3.63) is 54.1 Å². The Morgan fingerprint density at radius 3 is 2.19 bits per heavy atom. The number of rotatable bonds is 3. The van der Waals surface area contributed by atoms with Gasteiger partial charge in [-0.05, 0) is 29.8 Å². The molecule has 1 rings (SSSR count). The third-order valence-electron chi connectivity index (χ3n) is 1.88. The van der Waals surface area contributed by atoms with Gasteiger partial charge in [-0.1, -0.05) is 24.8 Å². The van der Waals surface area contributed by atoms with Crippen LogP contribution in [0, 0.1) is 0 Å². The number of hydrogen-bond acceptors (Lipinski definition) is 1. The highest BCUT2D eigenvalue weighted by Crippen LogP contribution is 2.29. The van der Waals surface area contributed by atoms with Crippen LogP contribution in [0.4, 0.5) is 13.2 Å². The van der Waals surface area contributed by atoms with E-state index in [2.05, 4.69) is 6.58 Å². The molecule has 0 radical (unpaired) electrons. The van der Waals surface area contributed by atoms with Gasteiger partial charge in [-0.15, -0.1) is 0 Å². The number of allylic oxidation sites excluding steroid dienone is 2. The quantitative estimate of drug-likeness (QED) is 0.721. The SMILES string of the molecule is C=CC(=O)/C=C/c1ccc(C(F)(F)F)cc1. The summed E-state index contributed by atoms with van der Waals surface area (Å²) < 4.78 is 36.6. The molecule has 0 N–H and O–H groups in total. The van der Waals surface area contributed by atoms with Crippen molar-refractivity contribution in [2.24, 2.45) is 0 Å². The fourth-order valence-corrected chi connectivity index (χ4v) is 1.03. The third-order valence-corrected chi connectivity index (χ3v) is 1.88. The minimum atomic E-state index is -4.33. The van der Waals surface area contributed by atoms with Crippen molar-refractivity contribution < 1.29 is 18.0 Å². The number of carbonyl (C=O) groups excluding carboxylic acids is 1. The first-order valence-corrected chi connectivity index (χ1v) is 4.45. The molecule has 0 saturated heterocycles. The van der Waals surface area contributed by atoms with E-state index in [-0.39, 0.29) is 5.78 Å². The highest BCUT2D eigenvalue weighted by molar-refractivity contribution is 6.01. The first-order valence-electron chi connectivity index (χ1n) is 4.45. The maximum Gasteiger partial charge on any atom is 0.416 e. The molecule has 1 aromatic rings. The summed E-state index contributed by atoms with van der Waals surface area (Å²) in [5, 5.41) is 0. The van der Waals surface area contributed by atoms with E-state index in [0.29, 0.717) is 5.56 Å². The molecule has 0 spiro atoms. The number of ketones is 1. The molecule has 0 amide bonds. The van der Waals surface area contributed by atoms with Gasteiger partial charge in [0.05, 0.1) is 5.56 Å². The van der Waals surface area contributed by atoms with Gasteiger partial charge in [0.1, 0.15) is 0 Å². The van der Waals surface area contributed by atoms with Crippen LogP contribution in [-0.2, 0) is 11.0 Å². The molecule has 16 heavy (non-hydrogen) atoms. The van der Waals surface area contributed by atoms with Crippen LogP contribution in [0.1, 0.15) is 11.1 Å². The largest absolute Gasteiger partial charge is 0.416 e. The Kier molecular flexibility index (Phi) is 3.66. The zero-order valence-electron chi connectivity index (χ0n) is 8.29. The molecule has 0 bridgehead atoms. The van der Waals surface area contributed by atoms with Crippen molar-refractivity contribution >= 4 is 11.9 Å². The van der Waals surface area contributed by atoms with Crippen LogP contribution in [0.15, 0.2) is 43.0 Å². The summed E-state index contributed by atoms with van der Waals surface area (Å²) >= 11 is 0. The normalized spacial score (nSPS) is 11.7. The van der Waals surface area contributed by atoms with Crippen molar-refractivity contribution in [2.75, 3.05) is 0 Å². The van der Waals surface area contributed by atoms with Gasteiger partial charge >= 0.3 is 6.18 Å². The van der Waals surface area contributed by atoms with Gasteiger partial charge in [-0.25, -0.2) is 0 Å². The highest BCUT2D eigenvalue weighted by Gasteiger charge is 2.29. The van der Waals surface area contributed by atoms with Crippen LogP contribution >= 0.6 is 0 Å². The molecule has 1 nitrogen and oxygen atoms in total. The molecule has 4 heteroatoms. The molecule has 0 unspecified atom stereocenters. The summed E-state index contributed by atoms with van der Waals surface area (Å²) in [6.07, 6.45) is -0.528. The fraction of sp³-hybridized carbons (Fsp3) is 0.0833. The van der Waals surface area contributed by atoms with E-state index in [4.69, 9.17) is 0 Å². The topological polar surface area (TPSA) is 17.1 Å². The monoisotopic (exact) mass is 226 g/mol. The zero-order chi connectivity index (χ0) is 12.2. The summed E-state index contributed by atoms with van der Waals surface area (Å²) in [5.74, 6) is -0.292. The van der Waals surface area contributed by atoms with Gasteiger partial charge in [0.15, 0.2) is 5.78 Å². The first-order chi connectivity index (χ1) is 7.43. The molecule has 0 aliphatic carbocycles. The molecule has 0 aliphatic heterocycles. The molecule has 0 fully saturated rings. The predicted octanol–water partition coefficient (Wildman–Crippen LogP) is 3.47. The Labute approximate surface area is 90.9 Å². The van der Waals surface area contributed by atoms with E-state index >= 15 is 0 Å². The highest BCUT2D eigenvalue weighted by atomic mass is 19.4. The summed E-state index contributed by atoms with van der Waals surface area (Å²) in [4.78, 5) is 10.8. The smallest absolute Gasteiger partial charge is 0.290 e. The average Bonchev–Trinajstić information content (AvgIpc) is 2.25. The third kappa shape index (κ3) is 3.38. The lowest BCUT2D eigenvalue weighted by atomic mass is 10.1. The maximum absolute atomic E-state index is 12.2. The van der Waals surface area contributed by atoms with Crippen molar-refractivity contribution in [1.29, 1.82) is 0 Å².